The SMILES string of the molecule is CC[C@@]1(P)[C@H](OC)[C@@H](CO)O[C@H]1n1cnc2c(NC)nc(N)nc21. The second kappa shape index (κ2) is 6.40. The molecular formula is C14H23N6O3P. The normalized spacial score (nSPS) is 30.1. The Hall–Kier alpha value is -1.54. The zero-order valence-electron chi connectivity index (χ0n) is 13.9. The maximum atomic E-state index is 9.66. The van der Waals surface area contributed by atoms with Gasteiger partial charge in [-0.25, -0.2) is 4.98 Å². The molecule has 5 atom stereocenters. The summed E-state index contributed by atoms with van der Waals surface area (Å²) in [4.78, 5) is 12.9. The molecule has 1 unspecified atom stereocenters. The maximum absolute atomic E-state index is 9.66. The van der Waals surface area contributed by atoms with Crippen molar-refractivity contribution in [1.29, 1.82) is 0 Å². The van der Waals surface area contributed by atoms with E-state index < -0.39 is 17.5 Å². The van der Waals surface area contributed by atoms with Gasteiger partial charge in [0.05, 0.1) is 24.2 Å². The van der Waals surface area contributed by atoms with E-state index in [9.17, 15) is 5.11 Å². The van der Waals surface area contributed by atoms with Gasteiger partial charge in [-0.15, -0.1) is 9.24 Å². The van der Waals surface area contributed by atoms with E-state index in [1.54, 1.807) is 20.5 Å². The molecule has 1 saturated heterocycles. The summed E-state index contributed by atoms with van der Waals surface area (Å²) < 4.78 is 13.5. The Kier molecular flexibility index (Phi) is 4.61. The van der Waals surface area contributed by atoms with Crippen LogP contribution >= 0.6 is 9.24 Å². The topological polar surface area (TPSA) is 120 Å². The number of anilines is 2. The molecule has 0 aliphatic carbocycles. The minimum Gasteiger partial charge on any atom is -0.394 e. The molecule has 1 aliphatic heterocycles. The van der Waals surface area contributed by atoms with Crippen molar-refractivity contribution in [2.24, 2.45) is 0 Å². The van der Waals surface area contributed by atoms with Crippen LogP contribution in [0.15, 0.2) is 6.33 Å². The molecule has 0 saturated carbocycles. The Morgan fingerprint density at radius 1 is 1.54 bits per heavy atom. The van der Waals surface area contributed by atoms with E-state index in [0.29, 0.717) is 17.0 Å². The zero-order valence-corrected chi connectivity index (χ0v) is 15.1. The van der Waals surface area contributed by atoms with E-state index in [4.69, 9.17) is 15.2 Å². The molecule has 0 bridgehead atoms. The lowest BCUT2D eigenvalue weighted by Crippen LogP contribution is -2.42. The van der Waals surface area contributed by atoms with Crippen LogP contribution in [0, 0.1) is 0 Å². The summed E-state index contributed by atoms with van der Waals surface area (Å²) in [7, 11) is 6.21. The highest BCUT2D eigenvalue weighted by Gasteiger charge is 2.54. The molecule has 1 fully saturated rings. The smallest absolute Gasteiger partial charge is 0.224 e. The number of hydrogen-bond acceptors (Lipinski definition) is 8. The number of hydrogen-bond donors (Lipinski definition) is 3. The maximum Gasteiger partial charge on any atom is 0.224 e. The van der Waals surface area contributed by atoms with Gasteiger partial charge in [0.25, 0.3) is 0 Å². The number of ether oxygens (including phenoxy) is 2. The number of aromatic nitrogens is 4. The largest absolute Gasteiger partial charge is 0.394 e. The molecule has 3 heterocycles. The minimum absolute atomic E-state index is 0.128. The molecule has 0 aromatic carbocycles. The van der Waals surface area contributed by atoms with Crippen LogP contribution in [0.4, 0.5) is 11.8 Å². The Morgan fingerprint density at radius 2 is 2.29 bits per heavy atom. The van der Waals surface area contributed by atoms with E-state index >= 15 is 0 Å². The molecular weight excluding hydrogens is 331 g/mol. The van der Waals surface area contributed by atoms with Gasteiger partial charge in [0.1, 0.15) is 12.3 Å². The summed E-state index contributed by atoms with van der Waals surface area (Å²) in [5.41, 5.74) is 7.01. The number of nitrogen functional groups attached to an aromatic ring is 1. The average Bonchev–Trinajstić information content (AvgIpc) is 3.12. The third-order valence-electron chi connectivity index (χ3n) is 4.61. The first-order valence-electron chi connectivity index (χ1n) is 7.75. The van der Waals surface area contributed by atoms with Gasteiger partial charge in [-0.2, -0.15) is 9.97 Å². The van der Waals surface area contributed by atoms with Crippen LogP contribution in [-0.2, 0) is 9.47 Å². The highest BCUT2D eigenvalue weighted by atomic mass is 31.0. The van der Waals surface area contributed by atoms with Crippen LogP contribution in [0.25, 0.3) is 11.2 Å². The summed E-state index contributed by atoms with van der Waals surface area (Å²) >= 11 is 0. The third-order valence-corrected chi connectivity index (χ3v) is 5.63. The van der Waals surface area contributed by atoms with Gasteiger partial charge < -0.3 is 25.6 Å². The molecule has 10 heteroatoms. The van der Waals surface area contributed by atoms with Crippen molar-refractivity contribution in [3.8, 4) is 0 Å². The first-order valence-corrected chi connectivity index (χ1v) is 8.33. The molecule has 0 spiro atoms. The first kappa shape index (κ1) is 17.3. The van der Waals surface area contributed by atoms with E-state index in [1.165, 1.54) is 0 Å². The fourth-order valence-electron chi connectivity index (χ4n) is 3.34. The van der Waals surface area contributed by atoms with Crippen molar-refractivity contribution in [1.82, 2.24) is 19.5 Å². The number of rotatable bonds is 5. The van der Waals surface area contributed by atoms with E-state index in [-0.39, 0.29) is 18.7 Å². The fourth-order valence-corrected chi connectivity index (χ4v) is 3.93. The van der Waals surface area contributed by atoms with Gasteiger partial charge in [-0.1, -0.05) is 6.92 Å². The first-order chi connectivity index (χ1) is 11.5. The van der Waals surface area contributed by atoms with E-state index in [2.05, 4.69) is 36.4 Å². The molecule has 9 nitrogen and oxygen atoms in total. The van der Waals surface area contributed by atoms with Crippen LogP contribution in [-0.4, -0.2) is 62.8 Å². The summed E-state index contributed by atoms with van der Waals surface area (Å²) in [5, 5.41) is 12.2. The Morgan fingerprint density at radius 3 is 2.88 bits per heavy atom. The average molecular weight is 354 g/mol. The van der Waals surface area contributed by atoms with Crippen molar-refractivity contribution in [2.45, 2.75) is 36.9 Å². The van der Waals surface area contributed by atoms with Gasteiger partial charge in [0.15, 0.2) is 17.0 Å². The Labute approximate surface area is 142 Å². The Balaban J connectivity index is 2.14. The molecule has 2 aromatic heterocycles. The van der Waals surface area contributed by atoms with Gasteiger partial charge in [0, 0.05) is 14.2 Å². The second-order valence-electron chi connectivity index (χ2n) is 5.84. The third kappa shape index (κ3) is 2.43. The minimum atomic E-state index is -0.435. The Bertz CT molecular complexity index is 741. The van der Waals surface area contributed by atoms with Gasteiger partial charge >= 0.3 is 0 Å². The van der Waals surface area contributed by atoms with Crippen LogP contribution in [0.5, 0.6) is 0 Å². The lowest BCUT2D eigenvalue weighted by atomic mass is 9.95. The lowest BCUT2D eigenvalue weighted by Gasteiger charge is -2.33. The number of methoxy groups -OCH3 is 1. The van der Waals surface area contributed by atoms with Crippen LogP contribution < -0.4 is 11.1 Å². The number of imidazole rings is 1. The zero-order chi connectivity index (χ0) is 17.5. The number of aliphatic hydroxyl groups is 1. The van der Waals surface area contributed by atoms with E-state index in [0.717, 1.165) is 6.42 Å². The van der Waals surface area contributed by atoms with E-state index in [1.807, 2.05) is 4.57 Å². The number of nitrogens with two attached hydrogens (primary N) is 1. The number of nitrogens with one attached hydrogen (secondary N) is 1. The van der Waals surface area contributed by atoms with Gasteiger partial charge in [0.2, 0.25) is 5.95 Å². The summed E-state index contributed by atoms with van der Waals surface area (Å²) in [5.74, 6) is 0.710. The number of nitrogens with zero attached hydrogens (tertiary/aromatic N) is 4. The predicted octanol–water partition coefficient (Wildman–Crippen LogP) is 0.379. The summed E-state index contributed by atoms with van der Waals surface area (Å²) in [6, 6.07) is 0. The van der Waals surface area contributed by atoms with Crippen LogP contribution in [0.2, 0.25) is 0 Å². The fraction of sp³-hybridized carbons (Fsp3) is 0.643. The second-order valence-corrected chi connectivity index (χ2v) is 6.91. The quantitative estimate of drug-likeness (QED) is 0.659. The summed E-state index contributed by atoms with van der Waals surface area (Å²) in [6.45, 7) is 1.92. The van der Waals surface area contributed by atoms with Gasteiger partial charge in [-0.3, -0.25) is 4.57 Å². The lowest BCUT2D eigenvalue weighted by molar-refractivity contribution is -0.0515. The molecule has 0 radical (unpaired) electrons. The van der Waals surface area contributed by atoms with Crippen molar-refractivity contribution in [3.05, 3.63) is 6.33 Å². The van der Waals surface area contributed by atoms with Crippen molar-refractivity contribution < 1.29 is 14.6 Å². The molecule has 24 heavy (non-hydrogen) atoms. The van der Waals surface area contributed by atoms with Gasteiger partial charge in [-0.05, 0) is 6.42 Å². The highest BCUT2D eigenvalue weighted by molar-refractivity contribution is 7.19. The molecule has 1 aliphatic rings. The molecule has 0 amide bonds. The van der Waals surface area contributed by atoms with Crippen molar-refractivity contribution >= 4 is 32.2 Å². The monoisotopic (exact) mass is 354 g/mol. The molecule has 132 valence electrons. The molecule has 4 N–H and O–H groups in total. The number of fused-ring (bicyclic) bond motifs is 1. The van der Waals surface area contributed by atoms with Crippen molar-refractivity contribution in [3.63, 3.8) is 0 Å². The highest BCUT2D eigenvalue weighted by Crippen LogP contribution is 2.49. The standard InChI is InChI=1S/C14H23N6O3P/c1-4-14(24)9(22-3)7(5-21)23-12(14)20-6-17-8-10(16-2)18-13(15)19-11(8)20/h6-7,9,12,21H,4-5,24H2,1-3H3,(H3,15,16,18,19)/t7-,9-,12-,14-/m1/s1. The van der Waals surface area contributed by atoms with Crippen LogP contribution in [0.3, 0.4) is 0 Å². The van der Waals surface area contributed by atoms with Crippen molar-refractivity contribution in [2.75, 3.05) is 31.8 Å². The number of aliphatic hydroxyl groups excluding tert-OH is 1. The molecule has 2 aromatic rings. The summed E-state index contributed by atoms with van der Waals surface area (Å²) in [6.07, 6.45) is 1.29. The van der Waals surface area contributed by atoms with Crippen LogP contribution in [0.1, 0.15) is 19.6 Å². The predicted molar refractivity (Wildman–Crippen MR) is 93.8 cm³/mol. The molecule has 3 rings (SSSR count).